The molecule has 2 saturated carbocycles. The molecule has 0 bridgehead atoms. The lowest BCUT2D eigenvalue weighted by molar-refractivity contribution is 0.712. The SMILES string of the molecule is CC(N)c1nc(C2CC2)cc(C2CC2)n1. The number of hydrogen-bond acceptors (Lipinski definition) is 3. The van der Waals surface area contributed by atoms with Crippen LogP contribution in [0.1, 0.15) is 67.7 Å². The molecule has 1 atom stereocenters. The van der Waals surface area contributed by atoms with Gasteiger partial charge >= 0.3 is 0 Å². The summed E-state index contributed by atoms with van der Waals surface area (Å²) in [5.74, 6) is 2.23. The largest absolute Gasteiger partial charge is 0.322 e. The lowest BCUT2D eigenvalue weighted by Gasteiger charge is -2.09. The Labute approximate surface area is 90.1 Å². The average Bonchev–Trinajstić information content (AvgIpc) is 3.06. The van der Waals surface area contributed by atoms with E-state index in [1.165, 1.54) is 37.1 Å². The number of aromatic nitrogens is 2. The van der Waals surface area contributed by atoms with Crippen LogP contribution in [0.4, 0.5) is 0 Å². The van der Waals surface area contributed by atoms with Gasteiger partial charge in [0, 0.05) is 23.2 Å². The first-order valence-corrected chi connectivity index (χ1v) is 5.88. The Morgan fingerprint density at radius 3 is 1.93 bits per heavy atom. The van der Waals surface area contributed by atoms with Crippen molar-refractivity contribution < 1.29 is 0 Å². The van der Waals surface area contributed by atoms with Crippen molar-refractivity contribution in [2.45, 2.75) is 50.5 Å². The van der Waals surface area contributed by atoms with Crippen molar-refractivity contribution >= 4 is 0 Å². The molecule has 1 aromatic heterocycles. The summed E-state index contributed by atoms with van der Waals surface area (Å²) in [5.41, 5.74) is 8.34. The van der Waals surface area contributed by atoms with Crippen molar-refractivity contribution in [3.8, 4) is 0 Å². The number of nitrogens with two attached hydrogens (primary N) is 1. The first-order valence-electron chi connectivity index (χ1n) is 5.88. The quantitative estimate of drug-likeness (QED) is 0.819. The number of hydrogen-bond donors (Lipinski definition) is 1. The fourth-order valence-corrected chi connectivity index (χ4v) is 1.89. The van der Waals surface area contributed by atoms with Gasteiger partial charge in [-0.2, -0.15) is 0 Å². The van der Waals surface area contributed by atoms with Crippen LogP contribution in [0.3, 0.4) is 0 Å². The van der Waals surface area contributed by atoms with Gasteiger partial charge in [-0.1, -0.05) is 0 Å². The van der Waals surface area contributed by atoms with Crippen molar-refractivity contribution in [1.29, 1.82) is 0 Å². The second-order valence-corrected chi connectivity index (χ2v) is 4.91. The molecule has 1 heterocycles. The molecule has 3 rings (SSSR count). The Morgan fingerprint density at radius 1 is 1.13 bits per heavy atom. The highest BCUT2D eigenvalue weighted by atomic mass is 14.9. The van der Waals surface area contributed by atoms with Gasteiger partial charge in [-0.3, -0.25) is 0 Å². The molecule has 0 spiro atoms. The summed E-state index contributed by atoms with van der Waals surface area (Å²) < 4.78 is 0. The second-order valence-electron chi connectivity index (χ2n) is 4.91. The molecule has 3 nitrogen and oxygen atoms in total. The van der Waals surface area contributed by atoms with Gasteiger partial charge in [0.15, 0.2) is 0 Å². The maximum absolute atomic E-state index is 5.87. The molecule has 2 N–H and O–H groups in total. The zero-order chi connectivity index (χ0) is 10.4. The van der Waals surface area contributed by atoms with Crippen LogP contribution >= 0.6 is 0 Å². The van der Waals surface area contributed by atoms with E-state index in [4.69, 9.17) is 5.73 Å². The van der Waals surface area contributed by atoms with E-state index in [0.29, 0.717) is 11.8 Å². The van der Waals surface area contributed by atoms with E-state index in [-0.39, 0.29) is 6.04 Å². The van der Waals surface area contributed by atoms with Gasteiger partial charge in [-0.05, 0) is 38.7 Å². The van der Waals surface area contributed by atoms with E-state index < -0.39 is 0 Å². The summed E-state index contributed by atoms with van der Waals surface area (Å²) in [4.78, 5) is 9.14. The summed E-state index contributed by atoms with van der Waals surface area (Å²) >= 11 is 0. The molecule has 0 aromatic carbocycles. The van der Waals surface area contributed by atoms with Crippen LogP contribution in [0.5, 0.6) is 0 Å². The predicted octanol–water partition coefficient (Wildman–Crippen LogP) is 2.25. The van der Waals surface area contributed by atoms with Gasteiger partial charge in [-0.15, -0.1) is 0 Å². The normalized spacial score (nSPS) is 22.8. The standard InChI is InChI=1S/C12H17N3/c1-7(13)12-14-10(8-2-3-8)6-11(15-12)9-4-5-9/h6-9H,2-5,13H2,1H3. The van der Waals surface area contributed by atoms with Gasteiger partial charge < -0.3 is 5.73 Å². The van der Waals surface area contributed by atoms with E-state index in [1.807, 2.05) is 6.92 Å². The highest BCUT2D eigenvalue weighted by molar-refractivity contribution is 5.24. The molecule has 1 aromatic rings. The average molecular weight is 203 g/mol. The van der Waals surface area contributed by atoms with Gasteiger partial charge in [0.05, 0.1) is 6.04 Å². The summed E-state index contributed by atoms with van der Waals surface area (Å²) in [7, 11) is 0. The Bertz CT molecular complexity index is 318. The predicted molar refractivity (Wildman–Crippen MR) is 58.6 cm³/mol. The summed E-state index contributed by atoms with van der Waals surface area (Å²) in [5, 5.41) is 0. The van der Waals surface area contributed by atoms with Gasteiger partial charge in [-0.25, -0.2) is 9.97 Å². The number of rotatable bonds is 3. The topological polar surface area (TPSA) is 51.8 Å². The van der Waals surface area contributed by atoms with E-state index in [2.05, 4.69) is 16.0 Å². The molecule has 0 radical (unpaired) electrons. The molecule has 1 unspecified atom stereocenters. The molecule has 80 valence electrons. The summed E-state index contributed by atoms with van der Waals surface area (Å²) in [6.45, 7) is 1.96. The highest BCUT2D eigenvalue weighted by Gasteiger charge is 2.30. The van der Waals surface area contributed by atoms with Crippen LogP contribution in [-0.4, -0.2) is 9.97 Å². The first kappa shape index (κ1) is 9.28. The zero-order valence-corrected chi connectivity index (χ0v) is 9.11. The van der Waals surface area contributed by atoms with Crippen molar-refractivity contribution in [3.63, 3.8) is 0 Å². The minimum atomic E-state index is -0.0406. The van der Waals surface area contributed by atoms with E-state index in [0.717, 1.165) is 5.82 Å². The molecule has 2 aliphatic carbocycles. The molecule has 3 heteroatoms. The van der Waals surface area contributed by atoms with Gasteiger partial charge in [0.25, 0.3) is 0 Å². The lowest BCUT2D eigenvalue weighted by atomic mass is 10.2. The minimum absolute atomic E-state index is 0.0406. The minimum Gasteiger partial charge on any atom is -0.322 e. The molecule has 15 heavy (non-hydrogen) atoms. The van der Waals surface area contributed by atoms with Gasteiger partial charge in [0.1, 0.15) is 5.82 Å². The first-order chi connectivity index (χ1) is 7.24. The fraction of sp³-hybridized carbons (Fsp3) is 0.667. The third-order valence-electron chi connectivity index (χ3n) is 3.18. The smallest absolute Gasteiger partial charge is 0.145 e. The van der Waals surface area contributed by atoms with Crippen LogP contribution in [-0.2, 0) is 0 Å². The van der Waals surface area contributed by atoms with Crippen LogP contribution in [0.25, 0.3) is 0 Å². The third kappa shape index (κ3) is 1.88. The molecule has 2 aliphatic rings. The number of nitrogens with zero attached hydrogens (tertiary/aromatic N) is 2. The summed E-state index contributed by atoms with van der Waals surface area (Å²) in [6, 6.07) is 2.17. The lowest BCUT2D eigenvalue weighted by Crippen LogP contribution is -2.12. The van der Waals surface area contributed by atoms with Crippen molar-refractivity contribution in [2.24, 2.45) is 5.73 Å². The molecule has 0 saturated heterocycles. The van der Waals surface area contributed by atoms with E-state index in [9.17, 15) is 0 Å². The molecule has 0 aliphatic heterocycles. The Morgan fingerprint density at radius 2 is 1.60 bits per heavy atom. The van der Waals surface area contributed by atoms with Crippen LogP contribution < -0.4 is 5.73 Å². The molecular formula is C12H17N3. The monoisotopic (exact) mass is 203 g/mol. The molecule has 0 amide bonds. The maximum Gasteiger partial charge on any atom is 0.145 e. The Hall–Kier alpha value is -0.960. The maximum atomic E-state index is 5.87. The van der Waals surface area contributed by atoms with Crippen LogP contribution in [0.15, 0.2) is 6.07 Å². The van der Waals surface area contributed by atoms with Crippen molar-refractivity contribution in [1.82, 2.24) is 9.97 Å². The van der Waals surface area contributed by atoms with Crippen LogP contribution in [0, 0.1) is 0 Å². The zero-order valence-electron chi connectivity index (χ0n) is 9.11. The highest BCUT2D eigenvalue weighted by Crippen LogP contribution is 2.43. The second kappa shape index (κ2) is 3.27. The Balaban J connectivity index is 1.99. The molecular weight excluding hydrogens is 186 g/mol. The van der Waals surface area contributed by atoms with E-state index in [1.54, 1.807) is 0 Å². The van der Waals surface area contributed by atoms with Crippen molar-refractivity contribution in [2.75, 3.05) is 0 Å². The van der Waals surface area contributed by atoms with Gasteiger partial charge in [0.2, 0.25) is 0 Å². The fourth-order valence-electron chi connectivity index (χ4n) is 1.89. The van der Waals surface area contributed by atoms with E-state index >= 15 is 0 Å². The Kier molecular flexibility index (Phi) is 2.02. The van der Waals surface area contributed by atoms with Crippen molar-refractivity contribution in [3.05, 3.63) is 23.3 Å². The third-order valence-corrected chi connectivity index (χ3v) is 3.18. The molecule has 2 fully saturated rings. The van der Waals surface area contributed by atoms with Crippen LogP contribution in [0.2, 0.25) is 0 Å². The summed E-state index contributed by atoms with van der Waals surface area (Å²) in [6.07, 6.45) is 5.16.